The Hall–Kier alpha value is -3.66. The van der Waals surface area contributed by atoms with Crippen LogP contribution in [0.5, 0.6) is 0 Å². The standard InChI is InChI=1S/C19H17N5O2/c1-2-10-21-19(26)17-23-16(15-9-5-6-11-24(15)17)18(25)22-14-8-4-3-7-13(14)12-20/h3-9,11H,2,10H2,1H3,(H,21,26)(H,22,25). The van der Waals surface area contributed by atoms with Gasteiger partial charge in [0.1, 0.15) is 6.07 Å². The Balaban J connectivity index is 1.98. The molecule has 26 heavy (non-hydrogen) atoms. The molecule has 7 heteroatoms. The highest BCUT2D eigenvalue weighted by Crippen LogP contribution is 2.18. The van der Waals surface area contributed by atoms with Gasteiger partial charge >= 0.3 is 0 Å². The molecule has 7 nitrogen and oxygen atoms in total. The van der Waals surface area contributed by atoms with Gasteiger partial charge in [-0.15, -0.1) is 0 Å². The molecule has 0 radical (unpaired) electrons. The number of anilines is 1. The minimum Gasteiger partial charge on any atom is -0.349 e. The summed E-state index contributed by atoms with van der Waals surface area (Å²) in [4.78, 5) is 29.3. The summed E-state index contributed by atoms with van der Waals surface area (Å²) in [6, 6.07) is 14.0. The molecule has 0 saturated carbocycles. The zero-order chi connectivity index (χ0) is 18.5. The first kappa shape index (κ1) is 17.2. The molecule has 130 valence electrons. The fraction of sp³-hybridized carbons (Fsp3) is 0.158. The highest BCUT2D eigenvalue weighted by atomic mass is 16.2. The predicted octanol–water partition coefficient (Wildman–Crippen LogP) is 2.60. The lowest BCUT2D eigenvalue weighted by atomic mass is 10.2. The van der Waals surface area contributed by atoms with Gasteiger partial charge in [-0.1, -0.05) is 25.1 Å². The largest absolute Gasteiger partial charge is 0.349 e. The molecule has 3 aromatic rings. The number of carbonyl (C=O) groups excluding carboxylic acids is 2. The van der Waals surface area contributed by atoms with Crippen molar-refractivity contribution in [2.75, 3.05) is 11.9 Å². The summed E-state index contributed by atoms with van der Waals surface area (Å²) in [6.45, 7) is 2.48. The smallest absolute Gasteiger partial charge is 0.287 e. The summed E-state index contributed by atoms with van der Waals surface area (Å²) in [5.41, 5.74) is 1.39. The number of carbonyl (C=O) groups is 2. The molecule has 0 spiro atoms. The third-order valence-electron chi connectivity index (χ3n) is 3.80. The van der Waals surface area contributed by atoms with Gasteiger partial charge in [0.25, 0.3) is 11.8 Å². The fourth-order valence-corrected chi connectivity index (χ4v) is 2.55. The molecule has 2 heterocycles. The van der Waals surface area contributed by atoms with Crippen molar-refractivity contribution in [3.8, 4) is 6.07 Å². The Morgan fingerprint density at radius 1 is 1.15 bits per heavy atom. The van der Waals surface area contributed by atoms with Crippen LogP contribution in [0.15, 0.2) is 48.7 Å². The Bertz CT molecular complexity index is 1020. The van der Waals surface area contributed by atoms with Gasteiger partial charge in [-0.2, -0.15) is 5.26 Å². The molecule has 2 amide bonds. The van der Waals surface area contributed by atoms with Gasteiger partial charge < -0.3 is 10.6 Å². The van der Waals surface area contributed by atoms with E-state index in [-0.39, 0.29) is 17.4 Å². The van der Waals surface area contributed by atoms with E-state index in [1.165, 1.54) is 0 Å². The number of imidazole rings is 1. The maximum Gasteiger partial charge on any atom is 0.287 e. The van der Waals surface area contributed by atoms with Gasteiger partial charge in [-0.3, -0.25) is 14.0 Å². The molecule has 0 fully saturated rings. The summed E-state index contributed by atoms with van der Waals surface area (Å²) >= 11 is 0. The lowest BCUT2D eigenvalue weighted by Gasteiger charge is -2.05. The van der Waals surface area contributed by atoms with Crippen LogP contribution < -0.4 is 10.6 Å². The van der Waals surface area contributed by atoms with E-state index in [0.717, 1.165) is 6.42 Å². The van der Waals surface area contributed by atoms with Crippen LogP contribution in [0.4, 0.5) is 5.69 Å². The van der Waals surface area contributed by atoms with Crippen LogP contribution in [0, 0.1) is 11.3 Å². The SMILES string of the molecule is CCCNC(=O)c1nc(C(=O)Nc2ccccc2C#N)c2ccccn12. The molecule has 2 N–H and O–H groups in total. The summed E-state index contributed by atoms with van der Waals surface area (Å²) in [7, 11) is 0. The maximum absolute atomic E-state index is 12.7. The van der Waals surface area contributed by atoms with Gasteiger partial charge in [0.2, 0.25) is 5.82 Å². The minimum absolute atomic E-state index is 0.125. The molecule has 0 bridgehead atoms. The number of nitriles is 1. The van der Waals surface area contributed by atoms with E-state index in [1.54, 1.807) is 53.1 Å². The average Bonchev–Trinajstić information content (AvgIpc) is 3.06. The molecule has 0 aliphatic heterocycles. The first-order valence-electron chi connectivity index (χ1n) is 8.21. The van der Waals surface area contributed by atoms with Crippen molar-refractivity contribution in [3.63, 3.8) is 0 Å². The molecule has 0 aliphatic carbocycles. The molecule has 3 rings (SSSR count). The summed E-state index contributed by atoms with van der Waals surface area (Å²) in [5.74, 6) is -0.678. The number of benzene rings is 1. The van der Waals surface area contributed by atoms with E-state index in [9.17, 15) is 9.59 Å². The second-order valence-corrected chi connectivity index (χ2v) is 5.61. The van der Waals surface area contributed by atoms with Crippen molar-refractivity contribution < 1.29 is 9.59 Å². The van der Waals surface area contributed by atoms with E-state index in [1.807, 2.05) is 13.0 Å². The van der Waals surface area contributed by atoms with Crippen LogP contribution in [-0.4, -0.2) is 27.7 Å². The minimum atomic E-state index is -0.481. The van der Waals surface area contributed by atoms with Crippen LogP contribution in [0.1, 0.15) is 40.0 Å². The Morgan fingerprint density at radius 3 is 2.69 bits per heavy atom. The van der Waals surface area contributed by atoms with Crippen molar-refractivity contribution in [1.29, 1.82) is 5.26 Å². The zero-order valence-electron chi connectivity index (χ0n) is 14.2. The zero-order valence-corrected chi connectivity index (χ0v) is 14.2. The number of aromatic nitrogens is 2. The number of fused-ring (bicyclic) bond motifs is 1. The van der Waals surface area contributed by atoms with Crippen LogP contribution in [0.2, 0.25) is 0 Å². The van der Waals surface area contributed by atoms with Crippen LogP contribution >= 0.6 is 0 Å². The van der Waals surface area contributed by atoms with Crippen LogP contribution in [-0.2, 0) is 0 Å². The molecule has 0 atom stereocenters. The number of rotatable bonds is 5. The summed E-state index contributed by atoms with van der Waals surface area (Å²) < 4.78 is 1.58. The predicted molar refractivity (Wildman–Crippen MR) is 96.9 cm³/mol. The first-order chi connectivity index (χ1) is 12.7. The second-order valence-electron chi connectivity index (χ2n) is 5.61. The first-order valence-corrected chi connectivity index (χ1v) is 8.21. The number of hydrogen-bond donors (Lipinski definition) is 2. The molecule has 0 aliphatic rings. The van der Waals surface area contributed by atoms with Gasteiger partial charge in [0, 0.05) is 12.7 Å². The summed E-state index contributed by atoms with van der Waals surface area (Å²) in [6.07, 6.45) is 2.48. The monoisotopic (exact) mass is 347 g/mol. The number of hydrogen-bond acceptors (Lipinski definition) is 4. The number of nitrogens with zero attached hydrogens (tertiary/aromatic N) is 3. The maximum atomic E-state index is 12.7. The molecule has 0 saturated heterocycles. The van der Waals surface area contributed by atoms with Crippen molar-refractivity contribution in [1.82, 2.24) is 14.7 Å². The van der Waals surface area contributed by atoms with E-state index < -0.39 is 5.91 Å². The second kappa shape index (κ2) is 7.49. The van der Waals surface area contributed by atoms with Crippen LogP contribution in [0.3, 0.4) is 0 Å². The third kappa shape index (κ3) is 3.26. The Kier molecular flexibility index (Phi) is 4.94. The summed E-state index contributed by atoms with van der Waals surface area (Å²) in [5, 5.41) is 14.6. The highest BCUT2D eigenvalue weighted by molar-refractivity contribution is 6.09. The highest BCUT2D eigenvalue weighted by Gasteiger charge is 2.21. The molecule has 0 unspecified atom stereocenters. The van der Waals surface area contributed by atoms with Crippen LogP contribution in [0.25, 0.3) is 5.52 Å². The quantitative estimate of drug-likeness (QED) is 0.741. The lowest BCUT2D eigenvalue weighted by molar-refractivity contribution is 0.0942. The number of amides is 2. The van der Waals surface area contributed by atoms with E-state index in [4.69, 9.17) is 5.26 Å². The van der Waals surface area contributed by atoms with Gasteiger partial charge in [-0.25, -0.2) is 4.98 Å². The average molecular weight is 347 g/mol. The number of nitrogens with one attached hydrogen (secondary N) is 2. The van der Waals surface area contributed by atoms with Crippen molar-refractivity contribution in [2.24, 2.45) is 0 Å². The normalized spacial score (nSPS) is 10.3. The van der Waals surface area contributed by atoms with Gasteiger partial charge in [-0.05, 0) is 30.7 Å². The fourth-order valence-electron chi connectivity index (χ4n) is 2.55. The van der Waals surface area contributed by atoms with E-state index >= 15 is 0 Å². The molecule has 1 aromatic carbocycles. The topological polar surface area (TPSA) is 99.3 Å². The van der Waals surface area contributed by atoms with Gasteiger partial charge in [0.05, 0.1) is 16.8 Å². The lowest BCUT2D eigenvalue weighted by Crippen LogP contribution is -2.26. The molecule has 2 aromatic heterocycles. The molecular weight excluding hydrogens is 330 g/mol. The van der Waals surface area contributed by atoms with E-state index in [0.29, 0.717) is 23.3 Å². The number of pyridine rings is 1. The number of para-hydroxylation sites is 1. The van der Waals surface area contributed by atoms with Crippen molar-refractivity contribution >= 4 is 23.0 Å². The Morgan fingerprint density at radius 2 is 1.92 bits per heavy atom. The van der Waals surface area contributed by atoms with E-state index in [2.05, 4.69) is 15.6 Å². The van der Waals surface area contributed by atoms with Crippen molar-refractivity contribution in [3.05, 3.63) is 65.7 Å². The molecular formula is C19H17N5O2. The van der Waals surface area contributed by atoms with Gasteiger partial charge in [0.15, 0.2) is 5.69 Å². The van der Waals surface area contributed by atoms with Crippen molar-refractivity contribution in [2.45, 2.75) is 13.3 Å². The third-order valence-corrected chi connectivity index (χ3v) is 3.80. The Labute approximate surface area is 150 Å².